The van der Waals surface area contributed by atoms with Gasteiger partial charge in [0.2, 0.25) is 0 Å². The summed E-state index contributed by atoms with van der Waals surface area (Å²) in [6.45, 7) is 3.90. The van der Waals surface area contributed by atoms with Gasteiger partial charge in [-0.05, 0) is 38.1 Å². The highest BCUT2D eigenvalue weighted by Gasteiger charge is 2.19. The molecular weight excluding hydrogens is 350 g/mol. The van der Waals surface area contributed by atoms with Gasteiger partial charge in [0, 0.05) is 18.3 Å². The molecule has 0 fully saturated rings. The van der Waals surface area contributed by atoms with Crippen LogP contribution in [0.5, 0.6) is 0 Å². The molecule has 3 rings (SSSR count). The normalized spacial score (nSPS) is 10.5. The maximum Gasteiger partial charge on any atom is 0.277 e. The van der Waals surface area contributed by atoms with Crippen LogP contribution in [0.1, 0.15) is 23.2 Å². The molecule has 1 aromatic heterocycles. The summed E-state index contributed by atoms with van der Waals surface area (Å²) in [5.74, 6) is -1.38. The van der Waals surface area contributed by atoms with E-state index in [0.717, 1.165) is 17.8 Å². The van der Waals surface area contributed by atoms with Crippen LogP contribution in [0.2, 0.25) is 0 Å². The molecule has 0 saturated carbocycles. The fraction of sp³-hybridized carbons (Fsp3) is 0.150. The summed E-state index contributed by atoms with van der Waals surface area (Å²) < 4.78 is 27.8. The Bertz CT molecular complexity index is 943. The van der Waals surface area contributed by atoms with Crippen molar-refractivity contribution >= 4 is 23.1 Å². The first-order valence-electron chi connectivity index (χ1n) is 8.43. The lowest BCUT2D eigenvalue weighted by Gasteiger charge is -2.21. The molecule has 0 aliphatic carbocycles. The number of hydrogen-bond donors (Lipinski definition) is 1. The van der Waals surface area contributed by atoms with Gasteiger partial charge in [-0.1, -0.05) is 24.3 Å². The third-order valence-electron chi connectivity index (χ3n) is 3.90. The number of carbonyl (C=O) groups excluding carboxylic acids is 1. The Morgan fingerprint density at radius 1 is 1.04 bits per heavy atom. The van der Waals surface area contributed by atoms with Gasteiger partial charge in [0.15, 0.2) is 0 Å². The molecule has 0 bridgehead atoms. The number of para-hydroxylation sites is 2. The van der Waals surface area contributed by atoms with Crippen molar-refractivity contribution in [2.24, 2.45) is 0 Å². The van der Waals surface area contributed by atoms with Crippen molar-refractivity contribution in [3.8, 4) is 0 Å². The van der Waals surface area contributed by atoms with Gasteiger partial charge in [0.25, 0.3) is 5.91 Å². The van der Waals surface area contributed by atoms with Crippen molar-refractivity contribution in [3.05, 3.63) is 77.8 Å². The largest absolute Gasteiger partial charge is 0.335 e. The molecule has 2 aromatic carbocycles. The van der Waals surface area contributed by atoms with Crippen molar-refractivity contribution in [1.29, 1.82) is 0 Å². The average molecular weight is 368 g/mol. The predicted octanol–water partition coefficient (Wildman–Crippen LogP) is 4.47. The summed E-state index contributed by atoms with van der Waals surface area (Å²) in [6, 6.07) is 14.1. The molecule has 27 heavy (non-hydrogen) atoms. The van der Waals surface area contributed by atoms with Crippen molar-refractivity contribution in [1.82, 2.24) is 9.97 Å². The van der Waals surface area contributed by atoms with Crippen LogP contribution in [0.25, 0.3) is 0 Å². The smallest absolute Gasteiger partial charge is 0.277 e. The number of aryl methyl sites for hydroxylation is 1. The maximum absolute atomic E-state index is 13.9. The fourth-order valence-electron chi connectivity index (χ4n) is 2.68. The molecule has 7 heteroatoms. The Morgan fingerprint density at radius 2 is 1.70 bits per heavy atom. The number of anilines is 3. The van der Waals surface area contributed by atoms with Crippen LogP contribution in [0.4, 0.5) is 26.0 Å². The predicted molar refractivity (Wildman–Crippen MR) is 100 cm³/mol. The van der Waals surface area contributed by atoms with Gasteiger partial charge in [-0.2, -0.15) is 0 Å². The summed E-state index contributed by atoms with van der Waals surface area (Å²) in [4.78, 5) is 22.8. The highest BCUT2D eigenvalue weighted by Crippen LogP contribution is 2.23. The Hall–Kier alpha value is -3.35. The molecule has 1 heterocycles. The third kappa shape index (κ3) is 4.08. The maximum atomic E-state index is 13.9. The molecule has 0 atom stereocenters. The standard InChI is InChI=1S/C20H18F2N4O/c1-3-26(14-8-5-4-6-9-14)20(27)17-12-18(24-13(2)23-17)25-19-15(21)10-7-11-16(19)22/h4-12H,3H2,1-2H3,(H,23,24,25). The van der Waals surface area contributed by atoms with Crippen LogP contribution in [0.3, 0.4) is 0 Å². The van der Waals surface area contributed by atoms with Gasteiger partial charge < -0.3 is 10.2 Å². The molecule has 0 aliphatic heterocycles. The molecule has 1 N–H and O–H groups in total. The van der Waals surface area contributed by atoms with Crippen LogP contribution in [-0.4, -0.2) is 22.4 Å². The van der Waals surface area contributed by atoms with Crippen molar-refractivity contribution in [2.45, 2.75) is 13.8 Å². The van der Waals surface area contributed by atoms with E-state index in [-0.39, 0.29) is 23.1 Å². The molecule has 138 valence electrons. The van der Waals surface area contributed by atoms with Gasteiger partial charge in [-0.15, -0.1) is 0 Å². The SMILES string of the molecule is CCN(C(=O)c1cc(Nc2c(F)cccc2F)nc(C)n1)c1ccccc1. The molecular formula is C20H18F2N4O. The summed E-state index contributed by atoms with van der Waals surface area (Å²) in [5, 5.41) is 2.60. The second-order valence-electron chi connectivity index (χ2n) is 5.79. The van der Waals surface area contributed by atoms with E-state index in [1.54, 1.807) is 11.8 Å². The zero-order valence-electron chi connectivity index (χ0n) is 14.9. The second-order valence-corrected chi connectivity index (χ2v) is 5.79. The summed E-state index contributed by atoms with van der Waals surface area (Å²) in [5.41, 5.74) is 0.535. The van der Waals surface area contributed by atoms with Crippen LogP contribution >= 0.6 is 0 Å². The summed E-state index contributed by atoms with van der Waals surface area (Å²) >= 11 is 0. The van der Waals surface area contributed by atoms with Crippen LogP contribution < -0.4 is 10.2 Å². The minimum absolute atomic E-state index is 0.132. The van der Waals surface area contributed by atoms with E-state index in [1.807, 2.05) is 37.3 Å². The fourth-order valence-corrected chi connectivity index (χ4v) is 2.68. The van der Waals surface area contributed by atoms with Crippen LogP contribution in [0, 0.1) is 18.6 Å². The Labute approximate surface area is 155 Å². The van der Waals surface area contributed by atoms with E-state index in [0.29, 0.717) is 12.4 Å². The van der Waals surface area contributed by atoms with Crippen LogP contribution in [0.15, 0.2) is 54.6 Å². The monoisotopic (exact) mass is 368 g/mol. The van der Waals surface area contributed by atoms with Gasteiger partial charge >= 0.3 is 0 Å². The van der Waals surface area contributed by atoms with Crippen LogP contribution in [-0.2, 0) is 0 Å². The number of rotatable bonds is 5. The molecule has 0 unspecified atom stereocenters. The number of aromatic nitrogens is 2. The number of halogens is 2. The van der Waals surface area contributed by atoms with E-state index < -0.39 is 11.6 Å². The van der Waals surface area contributed by atoms with Crippen molar-refractivity contribution in [2.75, 3.05) is 16.8 Å². The highest BCUT2D eigenvalue weighted by molar-refractivity contribution is 6.05. The number of nitrogens with zero attached hydrogens (tertiary/aromatic N) is 3. The van der Waals surface area contributed by atoms with E-state index >= 15 is 0 Å². The zero-order chi connectivity index (χ0) is 19.4. The average Bonchev–Trinajstić information content (AvgIpc) is 2.66. The first-order valence-corrected chi connectivity index (χ1v) is 8.43. The molecule has 1 amide bonds. The summed E-state index contributed by atoms with van der Waals surface area (Å²) in [6.07, 6.45) is 0. The van der Waals surface area contributed by atoms with E-state index in [1.165, 1.54) is 12.1 Å². The zero-order valence-corrected chi connectivity index (χ0v) is 14.9. The second kappa shape index (κ2) is 7.90. The first-order chi connectivity index (χ1) is 13.0. The highest BCUT2D eigenvalue weighted by atomic mass is 19.1. The minimum atomic E-state index is -0.751. The molecule has 5 nitrogen and oxygen atoms in total. The Morgan fingerprint density at radius 3 is 2.33 bits per heavy atom. The third-order valence-corrected chi connectivity index (χ3v) is 3.90. The minimum Gasteiger partial charge on any atom is -0.335 e. The lowest BCUT2D eigenvalue weighted by atomic mass is 10.2. The lowest BCUT2D eigenvalue weighted by Crippen LogP contribution is -2.31. The van der Waals surface area contributed by atoms with Gasteiger partial charge in [-0.3, -0.25) is 4.79 Å². The molecule has 0 aliphatic rings. The number of benzene rings is 2. The Kier molecular flexibility index (Phi) is 5.40. The van der Waals surface area contributed by atoms with Crippen molar-refractivity contribution < 1.29 is 13.6 Å². The lowest BCUT2D eigenvalue weighted by molar-refractivity contribution is 0.0983. The Balaban J connectivity index is 1.94. The van der Waals surface area contributed by atoms with Gasteiger partial charge in [0.1, 0.15) is 34.7 Å². The van der Waals surface area contributed by atoms with E-state index in [2.05, 4.69) is 15.3 Å². The topological polar surface area (TPSA) is 58.1 Å². The molecule has 0 radical (unpaired) electrons. The number of carbonyl (C=O) groups is 1. The van der Waals surface area contributed by atoms with E-state index in [4.69, 9.17) is 0 Å². The molecule has 3 aromatic rings. The van der Waals surface area contributed by atoms with Crippen molar-refractivity contribution in [3.63, 3.8) is 0 Å². The number of nitrogens with one attached hydrogen (secondary N) is 1. The quantitative estimate of drug-likeness (QED) is 0.722. The van der Waals surface area contributed by atoms with Gasteiger partial charge in [-0.25, -0.2) is 18.7 Å². The molecule has 0 spiro atoms. The summed E-state index contributed by atoms with van der Waals surface area (Å²) in [7, 11) is 0. The first kappa shape index (κ1) is 18.4. The van der Waals surface area contributed by atoms with E-state index in [9.17, 15) is 13.6 Å². The molecule has 0 saturated heterocycles. The number of hydrogen-bond acceptors (Lipinski definition) is 4. The van der Waals surface area contributed by atoms with Gasteiger partial charge in [0.05, 0.1) is 0 Å². The number of amides is 1.